The Labute approximate surface area is 126 Å². The predicted octanol–water partition coefficient (Wildman–Crippen LogP) is 3.78. The van der Waals surface area contributed by atoms with Crippen LogP contribution in [0, 0.1) is 0 Å². The first-order chi connectivity index (χ1) is 9.55. The first-order valence-electron chi connectivity index (χ1n) is 6.00. The molecule has 0 saturated carbocycles. The molecule has 0 spiro atoms. The van der Waals surface area contributed by atoms with E-state index in [1.54, 1.807) is 49.6 Å². The molecule has 2 aromatic carbocycles. The highest BCUT2D eigenvalue weighted by Crippen LogP contribution is 2.47. The minimum absolute atomic E-state index is 0.287. The van der Waals surface area contributed by atoms with E-state index < -0.39 is 4.87 Å². The second-order valence-electron chi connectivity index (χ2n) is 4.53. The molecular formula is C15H11Cl2NO2. The molecule has 1 aliphatic rings. The number of hydrogen-bond donors (Lipinski definition) is 1. The lowest BCUT2D eigenvalue weighted by Gasteiger charge is -2.20. The molecule has 1 aliphatic heterocycles. The summed E-state index contributed by atoms with van der Waals surface area (Å²) in [6.07, 6.45) is 0. The van der Waals surface area contributed by atoms with E-state index in [9.17, 15) is 4.79 Å². The van der Waals surface area contributed by atoms with Gasteiger partial charge in [0.2, 0.25) is 0 Å². The van der Waals surface area contributed by atoms with E-state index in [2.05, 4.69) is 5.32 Å². The zero-order valence-electron chi connectivity index (χ0n) is 10.6. The second kappa shape index (κ2) is 4.69. The van der Waals surface area contributed by atoms with Crippen LogP contribution in [-0.4, -0.2) is 13.0 Å². The van der Waals surface area contributed by atoms with E-state index in [4.69, 9.17) is 27.9 Å². The summed E-state index contributed by atoms with van der Waals surface area (Å²) in [5.74, 6) is 0.357. The van der Waals surface area contributed by atoms with Crippen molar-refractivity contribution in [1.82, 2.24) is 0 Å². The van der Waals surface area contributed by atoms with Crippen LogP contribution in [0.3, 0.4) is 0 Å². The molecule has 3 rings (SSSR count). The molecule has 0 bridgehead atoms. The smallest absolute Gasteiger partial charge is 0.254 e. The van der Waals surface area contributed by atoms with Crippen LogP contribution < -0.4 is 10.1 Å². The van der Waals surface area contributed by atoms with E-state index in [0.717, 1.165) is 0 Å². The molecule has 3 nitrogen and oxygen atoms in total. The van der Waals surface area contributed by atoms with Crippen LogP contribution >= 0.6 is 23.2 Å². The molecule has 0 saturated heterocycles. The summed E-state index contributed by atoms with van der Waals surface area (Å²) in [6, 6.07) is 12.3. The van der Waals surface area contributed by atoms with Gasteiger partial charge in [0.1, 0.15) is 5.75 Å². The predicted molar refractivity (Wildman–Crippen MR) is 79.7 cm³/mol. The molecule has 5 heteroatoms. The Kier molecular flexibility index (Phi) is 3.11. The quantitative estimate of drug-likeness (QED) is 0.857. The van der Waals surface area contributed by atoms with Gasteiger partial charge in [-0.15, -0.1) is 0 Å². The Morgan fingerprint density at radius 1 is 1.20 bits per heavy atom. The number of carbonyl (C=O) groups excluding carboxylic acids is 1. The first-order valence-corrected chi connectivity index (χ1v) is 6.76. The van der Waals surface area contributed by atoms with Crippen molar-refractivity contribution in [3.05, 3.63) is 58.6 Å². The number of methoxy groups -OCH3 is 1. The minimum Gasteiger partial charge on any atom is -0.497 e. The largest absolute Gasteiger partial charge is 0.497 e. The third-order valence-electron chi connectivity index (χ3n) is 3.38. The van der Waals surface area contributed by atoms with Gasteiger partial charge in [-0.05, 0) is 35.9 Å². The van der Waals surface area contributed by atoms with Gasteiger partial charge < -0.3 is 10.1 Å². The molecule has 1 atom stereocenters. The van der Waals surface area contributed by atoms with Gasteiger partial charge in [0.05, 0.1) is 7.11 Å². The van der Waals surface area contributed by atoms with Crippen LogP contribution in [-0.2, 0) is 9.67 Å². The Bertz CT molecular complexity index is 702. The first kappa shape index (κ1) is 13.3. The Morgan fingerprint density at radius 2 is 2.00 bits per heavy atom. The zero-order valence-corrected chi connectivity index (χ0v) is 12.1. The lowest BCUT2D eigenvalue weighted by atomic mass is 9.91. The van der Waals surface area contributed by atoms with Gasteiger partial charge in [0.15, 0.2) is 4.87 Å². The molecule has 102 valence electrons. The third kappa shape index (κ3) is 1.86. The van der Waals surface area contributed by atoms with Crippen molar-refractivity contribution >= 4 is 34.8 Å². The maximum Gasteiger partial charge on any atom is 0.254 e. The van der Waals surface area contributed by atoms with Gasteiger partial charge in [0, 0.05) is 16.3 Å². The van der Waals surface area contributed by atoms with E-state index >= 15 is 0 Å². The van der Waals surface area contributed by atoms with Crippen molar-refractivity contribution in [2.75, 3.05) is 12.4 Å². The van der Waals surface area contributed by atoms with Gasteiger partial charge >= 0.3 is 0 Å². The van der Waals surface area contributed by atoms with Crippen LogP contribution in [0.2, 0.25) is 5.02 Å². The molecular weight excluding hydrogens is 297 g/mol. The third-order valence-corrected chi connectivity index (χ3v) is 4.21. The average Bonchev–Trinajstić information content (AvgIpc) is 2.72. The highest BCUT2D eigenvalue weighted by Gasteiger charge is 2.47. The monoisotopic (exact) mass is 307 g/mol. The molecule has 1 unspecified atom stereocenters. The van der Waals surface area contributed by atoms with Crippen LogP contribution in [0.25, 0.3) is 0 Å². The number of fused-ring (bicyclic) bond motifs is 1. The molecule has 1 N–H and O–H groups in total. The summed E-state index contributed by atoms with van der Waals surface area (Å²) < 4.78 is 5.19. The molecule has 20 heavy (non-hydrogen) atoms. The van der Waals surface area contributed by atoms with E-state index in [1.165, 1.54) is 0 Å². The lowest BCUT2D eigenvalue weighted by Crippen LogP contribution is -2.29. The number of carbonyl (C=O) groups is 1. The second-order valence-corrected chi connectivity index (χ2v) is 5.54. The van der Waals surface area contributed by atoms with Crippen molar-refractivity contribution in [1.29, 1.82) is 0 Å². The van der Waals surface area contributed by atoms with Crippen molar-refractivity contribution in [2.45, 2.75) is 4.87 Å². The number of alkyl halides is 1. The fourth-order valence-electron chi connectivity index (χ4n) is 2.37. The van der Waals surface area contributed by atoms with Gasteiger partial charge in [-0.1, -0.05) is 35.3 Å². The molecule has 0 aromatic heterocycles. The van der Waals surface area contributed by atoms with E-state index in [-0.39, 0.29) is 5.91 Å². The van der Waals surface area contributed by atoms with Crippen molar-refractivity contribution in [3.63, 3.8) is 0 Å². The normalized spacial score (nSPS) is 20.4. The molecule has 1 heterocycles. The molecule has 2 aromatic rings. The average molecular weight is 308 g/mol. The van der Waals surface area contributed by atoms with Gasteiger partial charge in [-0.3, -0.25) is 4.79 Å². The molecule has 0 aliphatic carbocycles. The maximum atomic E-state index is 12.3. The number of nitrogens with one attached hydrogen (secondary N) is 1. The van der Waals surface area contributed by atoms with Crippen LogP contribution in [0.5, 0.6) is 5.75 Å². The van der Waals surface area contributed by atoms with Crippen LogP contribution in [0.1, 0.15) is 11.1 Å². The van der Waals surface area contributed by atoms with Crippen molar-refractivity contribution in [2.24, 2.45) is 0 Å². The van der Waals surface area contributed by atoms with Crippen molar-refractivity contribution < 1.29 is 9.53 Å². The number of amides is 1. The highest BCUT2D eigenvalue weighted by molar-refractivity contribution is 6.41. The van der Waals surface area contributed by atoms with Gasteiger partial charge in [0.25, 0.3) is 5.91 Å². The topological polar surface area (TPSA) is 38.3 Å². The highest BCUT2D eigenvalue weighted by atomic mass is 35.5. The summed E-state index contributed by atoms with van der Waals surface area (Å²) in [5, 5.41) is 3.32. The number of hydrogen-bond acceptors (Lipinski definition) is 2. The maximum absolute atomic E-state index is 12.3. The standard InChI is InChI=1S/C15H11Cl2NO2/c1-20-11-4-2-3-9(7-11)15(17)12-8-10(16)5-6-13(12)18-14(15)19/h2-8H,1H3,(H,18,19). The lowest BCUT2D eigenvalue weighted by molar-refractivity contribution is -0.117. The van der Waals surface area contributed by atoms with Gasteiger partial charge in [-0.2, -0.15) is 0 Å². The zero-order chi connectivity index (χ0) is 14.3. The SMILES string of the molecule is COc1cccc(C2(Cl)C(=O)Nc3ccc(Cl)cc32)c1. The van der Waals surface area contributed by atoms with E-state index in [0.29, 0.717) is 27.6 Å². The number of benzene rings is 2. The van der Waals surface area contributed by atoms with Crippen LogP contribution in [0.15, 0.2) is 42.5 Å². The number of anilines is 1. The molecule has 0 fully saturated rings. The Balaban J connectivity index is 2.21. The number of ether oxygens (including phenoxy) is 1. The number of halogens is 2. The minimum atomic E-state index is -1.28. The van der Waals surface area contributed by atoms with Gasteiger partial charge in [-0.25, -0.2) is 0 Å². The van der Waals surface area contributed by atoms with Crippen LogP contribution in [0.4, 0.5) is 5.69 Å². The van der Waals surface area contributed by atoms with E-state index in [1.807, 2.05) is 0 Å². The Morgan fingerprint density at radius 3 is 2.75 bits per heavy atom. The summed E-state index contributed by atoms with van der Waals surface area (Å²) in [4.78, 5) is 11.1. The number of rotatable bonds is 2. The molecule has 1 amide bonds. The summed E-state index contributed by atoms with van der Waals surface area (Å²) in [6.45, 7) is 0. The van der Waals surface area contributed by atoms with Crippen molar-refractivity contribution in [3.8, 4) is 5.75 Å². The molecule has 0 radical (unpaired) electrons. The summed E-state index contributed by atoms with van der Waals surface area (Å²) in [7, 11) is 1.57. The Hall–Kier alpha value is -1.71. The fraction of sp³-hybridized carbons (Fsp3) is 0.133. The fourth-order valence-corrected chi connectivity index (χ4v) is 2.86. The summed E-state index contributed by atoms with van der Waals surface area (Å²) >= 11 is 12.7. The summed E-state index contributed by atoms with van der Waals surface area (Å²) in [5.41, 5.74) is 1.99.